The van der Waals surface area contributed by atoms with Crippen LogP contribution in [-0.2, 0) is 18.7 Å². The zero-order valence-electron chi connectivity index (χ0n) is 18.1. The molecule has 0 fully saturated rings. The highest BCUT2D eigenvalue weighted by Crippen LogP contribution is 2.21. The fourth-order valence-corrected chi connectivity index (χ4v) is 3.17. The molecule has 0 saturated heterocycles. The normalized spacial score (nSPS) is 13.8. The second kappa shape index (κ2) is 9.63. The number of guanidine groups is 1. The van der Waals surface area contributed by atoms with Crippen LogP contribution >= 0.6 is 0 Å². The van der Waals surface area contributed by atoms with Gasteiger partial charge < -0.3 is 24.7 Å². The van der Waals surface area contributed by atoms with E-state index in [0.29, 0.717) is 18.3 Å². The molecule has 160 valence electrons. The van der Waals surface area contributed by atoms with E-state index in [2.05, 4.69) is 49.4 Å². The van der Waals surface area contributed by atoms with E-state index in [1.807, 2.05) is 39.2 Å². The number of imidazole rings is 1. The van der Waals surface area contributed by atoms with Crippen molar-refractivity contribution in [1.82, 2.24) is 20.2 Å². The number of nitrogens with one attached hydrogen (secondary N) is 2. The molecule has 1 unspecified atom stereocenters. The summed E-state index contributed by atoms with van der Waals surface area (Å²) in [5, 5.41) is 17.2. The molecule has 7 heteroatoms. The molecule has 3 N–H and O–H groups in total. The Kier molecular flexibility index (Phi) is 6.95. The molecule has 0 amide bonds. The Hall–Kier alpha value is -3.06. The molecule has 1 atom stereocenters. The van der Waals surface area contributed by atoms with Crippen molar-refractivity contribution in [3.63, 3.8) is 0 Å². The van der Waals surface area contributed by atoms with Crippen LogP contribution in [0.2, 0.25) is 0 Å². The Bertz CT molecular complexity index is 987. The highest BCUT2D eigenvalue weighted by atomic mass is 16.4. The van der Waals surface area contributed by atoms with E-state index in [4.69, 9.17) is 4.42 Å². The van der Waals surface area contributed by atoms with Gasteiger partial charge in [0.05, 0.1) is 13.1 Å². The van der Waals surface area contributed by atoms with Crippen LogP contribution in [0.3, 0.4) is 0 Å². The molecule has 30 heavy (non-hydrogen) atoms. The molecule has 3 aromatic rings. The molecule has 0 bridgehead atoms. The number of rotatable bonds is 8. The number of hydrogen-bond donors (Lipinski definition) is 3. The van der Waals surface area contributed by atoms with E-state index >= 15 is 0 Å². The molecule has 0 aliphatic heterocycles. The monoisotopic (exact) mass is 409 g/mol. The van der Waals surface area contributed by atoms with Gasteiger partial charge in [0.2, 0.25) is 0 Å². The molecule has 0 spiro atoms. The summed E-state index contributed by atoms with van der Waals surface area (Å²) in [5.41, 5.74) is 1.20. The average molecular weight is 410 g/mol. The largest absolute Gasteiger partial charge is 0.463 e. The first-order valence-corrected chi connectivity index (χ1v) is 10.2. The van der Waals surface area contributed by atoms with Gasteiger partial charge in [0, 0.05) is 25.5 Å². The molecule has 0 aliphatic carbocycles. The van der Waals surface area contributed by atoms with E-state index in [9.17, 15) is 5.11 Å². The Morgan fingerprint density at radius 2 is 2.00 bits per heavy atom. The van der Waals surface area contributed by atoms with Crippen molar-refractivity contribution in [1.29, 1.82) is 0 Å². The summed E-state index contributed by atoms with van der Waals surface area (Å²) >= 11 is 0. The van der Waals surface area contributed by atoms with E-state index in [-0.39, 0.29) is 6.54 Å². The number of aromatic nitrogens is 2. The zero-order chi connectivity index (χ0) is 21.6. The molecular weight excluding hydrogens is 378 g/mol. The lowest BCUT2D eigenvalue weighted by atomic mass is 10.0. The van der Waals surface area contributed by atoms with Gasteiger partial charge in [0.25, 0.3) is 0 Å². The fraction of sp³-hybridized carbons (Fsp3) is 0.391. The summed E-state index contributed by atoms with van der Waals surface area (Å²) in [7, 11) is 0. The van der Waals surface area contributed by atoms with Crippen LogP contribution in [0.15, 0.2) is 58.2 Å². The van der Waals surface area contributed by atoms with Gasteiger partial charge in [-0.2, -0.15) is 0 Å². The van der Waals surface area contributed by atoms with Crippen LogP contribution in [0.1, 0.15) is 42.3 Å². The third-order valence-corrected chi connectivity index (χ3v) is 4.90. The minimum absolute atomic E-state index is 0.283. The maximum absolute atomic E-state index is 10.7. The predicted octanol–water partition coefficient (Wildman–Crippen LogP) is 3.10. The molecule has 1 aromatic carbocycles. The third-order valence-electron chi connectivity index (χ3n) is 4.90. The van der Waals surface area contributed by atoms with Gasteiger partial charge in [-0.15, -0.1) is 0 Å². The zero-order valence-corrected chi connectivity index (χ0v) is 18.1. The number of benzene rings is 1. The third kappa shape index (κ3) is 5.73. The summed E-state index contributed by atoms with van der Waals surface area (Å²) in [4.78, 5) is 8.95. The summed E-state index contributed by atoms with van der Waals surface area (Å²) in [6.45, 7) is 9.94. The van der Waals surface area contributed by atoms with Gasteiger partial charge >= 0.3 is 0 Å². The van der Waals surface area contributed by atoms with Crippen LogP contribution < -0.4 is 10.6 Å². The number of nitrogens with zero attached hydrogens (tertiary/aromatic N) is 3. The quantitative estimate of drug-likeness (QED) is 0.393. The SMILES string of the molecule is CCNC(=NCc1cccc(Cn2ccnc2C)c1)NCC(C)(O)c1ccc(C)o1. The van der Waals surface area contributed by atoms with Crippen molar-refractivity contribution in [2.24, 2.45) is 4.99 Å². The summed E-state index contributed by atoms with van der Waals surface area (Å²) < 4.78 is 7.70. The second-order valence-electron chi connectivity index (χ2n) is 7.66. The van der Waals surface area contributed by atoms with Crippen molar-refractivity contribution >= 4 is 5.96 Å². The molecule has 2 aromatic heterocycles. The lowest BCUT2D eigenvalue weighted by Gasteiger charge is -2.22. The Labute approximate surface area is 177 Å². The van der Waals surface area contributed by atoms with Gasteiger partial charge in [-0.1, -0.05) is 24.3 Å². The fourth-order valence-electron chi connectivity index (χ4n) is 3.17. The molecule has 0 aliphatic rings. The van der Waals surface area contributed by atoms with Crippen molar-refractivity contribution in [2.45, 2.75) is 46.4 Å². The van der Waals surface area contributed by atoms with E-state index in [0.717, 1.165) is 30.2 Å². The van der Waals surface area contributed by atoms with Gasteiger partial charge in [-0.05, 0) is 51.0 Å². The number of aliphatic imine (C=N–C) groups is 1. The van der Waals surface area contributed by atoms with Crippen LogP contribution in [0.4, 0.5) is 0 Å². The second-order valence-corrected chi connectivity index (χ2v) is 7.66. The number of aryl methyl sites for hydroxylation is 2. The lowest BCUT2D eigenvalue weighted by molar-refractivity contribution is 0.0378. The van der Waals surface area contributed by atoms with Crippen LogP contribution in [-0.4, -0.2) is 33.7 Å². The van der Waals surface area contributed by atoms with Crippen LogP contribution in [0, 0.1) is 13.8 Å². The minimum atomic E-state index is -1.13. The van der Waals surface area contributed by atoms with Crippen molar-refractivity contribution in [2.75, 3.05) is 13.1 Å². The summed E-state index contributed by atoms with van der Waals surface area (Å²) in [5.74, 6) is 2.95. The molecule has 7 nitrogen and oxygen atoms in total. The van der Waals surface area contributed by atoms with E-state index in [1.54, 1.807) is 13.0 Å². The van der Waals surface area contributed by atoms with Gasteiger partial charge in [0.1, 0.15) is 22.9 Å². The first-order chi connectivity index (χ1) is 14.4. The topological polar surface area (TPSA) is 87.6 Å². The van der Waals surface area contributed by atoms with Crippen molar-refractivity contribution in [3.8, 4) is 0 Å². The predicted molar refractivity (Wildman–Crippen MR) is 118 cm³/mol. The number of hydrogen-bond acceptors (Lipinski definition) is 4. The number of aliphatic hydroxyl groups is 1. The average Bonchev–Trinajstić information content (AvgIpc) is 3.33. The smallest absolute Gasteiger partial charge is 0.191 e. The molecule has 2 heterocycles. The van der Waals surface area contributed by atoms with Gasteiger partial charge in [0.15, 0.2) is 5.96 Å². The molecule has 0 saturated carbocycles. The van der Waals surface area contributed by atoms with Crippen LogP contribution in [0.25, 0.3) is 0 Å². The van der Waals surface area contributed by atoms with E-state index < -0.39 is 5.60 Å². The maximum atomic E-state index is 10.7. The molecular formula is C23H31N5O2. The Morgan fingerprint density at radius 3 is 2.67 bits per heavy atom. The molecule has 0 radical (unpaired) electrons. The lowest BCUT2D eigenvalue weighted by Crippen LogP contribution is -2.44. The van der Waals surface area contributed by atoms with Gasteiger partial charge in [-0.3, -0.25) is 0 Å². The standard InChI is InChI=1S/C23H31N5O2/c1-5-24-22(27-16-23(4,29)21-10-9-17(2)30-21)26-14-19-7-6-8-20(13-19)15-28-12-11-25-18(28)3/h6-13,29H,5,14-16H2,1-4H3,(H2,24,26,27). The van der Waals surface area contributed by atoms with Crippen molar-refractivity contribution < 1.29 is 9.52 Å². The Balaban J connectivity index is 1.64. The first-order valence-electron chi connectivity index (χ1n) is 10.2. The van der Waals surface area contributed by atoms with E-state index in [1.165, 1.54) is 5.56 Å². The molecule has 3 rings (SSSR count). The number of furan rings is 1. The van der Waals surface area contributed by atoms with Crippen LogP contribution in [0.5, 0.6) is 0 Å². The highest BCUT2D eigenvalue weighted by Gasteiger charge is 2.27. The van der Waals surface area contributed by atoms with Crippen molar-refractivity contribution in [3.05, 3.63) is 77.3 Å². The maximum Gasteiger partial charge on any atom is 0.191 e. The Morgan fingerprint density at radius 1 is 1.20 bits per heavy atom. The summed E-state index contributed by atoms with van der Waals surface area (Å²) in [6, 6.07) is 12.0. The first kappa shape index (κ1) is 21.6. The van der Waals surface area contributed by atoms with Gasteiger partial charge in [-0.25, -0.2) is 9.98 Å². The highest BCUT2D eigenvalue weighted by molar-refractivity contribution is 5.79. The minimum Gasteiger partial charge on any atom is -0.463 e. The summed E-state index contributed by atoms with van der Waals surface area (Å²) in [6.07, 6.45) is 3.80.